The Hall–Kier alpha value is -0.890. The molecule has 0 aliphatic heterocycles. The lowest BCUT2D eigenvalue weighted by Gasteiger charge is -2.25. The van der Waals surface area contributed by atoms with Crippen molar-refractivity contribution >= 4 is 0 Å². The van der Waals surface area contributed by atoms with Crippen molar-refractivity contribution in [2.45, 2.75) is 51.6 Å². The molecule has 88 valence electrons. The van der Waals surface area contributed by atoms with E-state index >= 15 is 0 Å². The van der Waals surface area contributed by atoms with Gasteiger partial charge in [-0.05, 0) is 50.3 Å². The van der Waals surface area contributed by atoms with Gasteiger partial charge in [-0.2, -0.15) is 0 Å². The number of aromatic nitrogens is 1. The third-order valence-electron chi connectivity index (χ3n) is 3.83. The minimum atomic E-state index is 0.429. The molecule has 0 bridgehead atoms. The predicted molar refractivity (Wildman–Crippen MR) is 67.2 cm³/mol. The van der Waals surface area contributed by atoms with Gasteiger partial charge in [0.2, 0.25) is 0 Å². The Bertz CT molecular complexity index is 304. The second-order valence-electron chi connectivity index (χ2n) is 5.00. The van der Waals surface area contributed by atoms with Gasteiger partial charge in [-0.3, -0.25) is 4.98 Å². The molecule has 1 aliphatic carbocycles. The minimum Gasteiger partial charge on any atom is -0.307 e. The van der Waals surface area contributed by atoms with E-state index in [9.17, 15) is 0 Å². The lowest BCUT2D eigenvalue weighted by Crippen LogP contribution is -2.34. The summed E-state index contributed by atoms with van der Waals surface area (Å²) in [5.74, 6) is 0.879. The van der Waals surface area contributed by atoms with E-state index in [-0.39, 0.29) is 0 Å². The van der Waals surface area contributed by atoms with Gasteiger partial charge in [0, 0.05) is 24.5 Å². The first kappa shape index (κ1) is 11.6. The van der Waals surface area contributed by atoms with Gasteiger partial charge in [0.25, 0.3) is 0 Å². The van der Waals surface area contributed by atoms with Gasteiger partial charge in [0.1, 0.15) is 0 Å². The summed E-state index contributed by atoms with van der Waals surface area (Å²) in [5.41, 5.74) is 1.33. The molecule has 0 spiro atoms. The summed E-state index contributed by atoms with van der Waals surface area (Å²) in [6.45, 7) is 4.56. The SMILES string of the molecule is CC(N[C@H](C)c1ccncc1)C1CCCC1. The average molecular weight is 218 g/mol. The van der Waals surface area contributed by atoms with Crippen LogP contribution in [0.4, 0.5) is 0 Å². The topological polar surface area (TPSA) is 24.9 Å². The summed E-state index contributed by atoms with van der Waals surface area (Å²) >= 11 is 0. The van der Waals surface area contributed by atoms with E-state index in [4.69, 9.17) is 0 Å². The highest BCUT2D eigenvalue weighted by Gasteiger charge is 2.22. The van der Waals surface area contributed by atoms with Gasteiger partial charge in [0.05, 0.1) is 0 Å². The minimum absolute atomic E-state index is 0.429. The molecule has 1 aliphatic rings. The predicted octanol–water partition coefficient (Wildman–Crippen LogP) is 3.31. The molecular weight excluding hydrogens is 196 g/mol. The fourth-order valence-electron chi connectivity index (χ4n) is 2.74. The van der Waals surface area contributed by atoms with Crippen LogP contribution in [0.1, 0.15) is 51.1 Å². The molecule has 1 aromatic heterocycles. The van der Waals surface area contributed by atoms with Gasteiger partial charge in [0.15, 0.2) is 0 Å². The van der Waals surface area contributed by atoms with Crippen molar-refractivity contribution in [3.05, 3.63) is 30.1 Å². The summed E-state index contributed by atoms with van der Waals surface area (Å²) in [4.78, 5) is 4.06. The first-order chi connectivity index (χ1) is 7.77. The standard InChI is InChI=1S/C14H22N2/c1-11(13-5-3-4-6-13)16-12(2)14-7-9-15-10-8-14/h7-13,16H,3-6H2,1-2H3/t11?,12-/m1/s1. The summed E-state index contributed by atoms with van der Waals surface area (Å²) < 4.78 is 0. The zero-order valence-corrected chi connectivity index (χ0v) is 10.3. The monoisotopic (exact) mass is 218 g/mol. The van der Waals surface area contributed by atoms with Crippen LogP contribution in [0.3, 0.4) is 0 Å². The van der Waals surface area contributed by atoms with Crippen LogP contribution in [0.25, 0.3) is 0 Å². The van der Waals surface area contributed by atoms with E-state index in [1.165, 1.54) is 31.2 Å². The second-order valence-corrected chi connectivity index (χ2v) is 5.00. The Morgan fingerprint density at radius 2 is 1.81 bits per heavy atom. The van der Waals surface area contributed by atoms with Gasteiger partial charge in [-0.15, -0.1) is 0 Å². The molecule has 16 heavy (non-hydrogen) atoms. The maximum absolute atomic E-state index is 4.06. The van der Waals surface area contributed by atoms with E-state index in [1.807, 2.05) is 12.4 Å². The Labute approximate surface area is 98.5 Å². The molecule has 2 nitrogen and oxygen atoms in total. The summed E-state index contributed by atoms with van der Waals surface area (Å²) in [5, 5.41) is 3.71. The Kier molecular flexibility index (Phi) is 3.94. The number of hydrogen-bond acceptors (Lipinski definition) is 2. The average Bonchev–Trinajstić information content (AvgIpc) is 2.83. The smallest absolute Gasteiger partial charge is 0.0295 e. The molecule has 1 saturated carbocycles. The lowest BCUT2D eigenvalue weighted by molar-refractivity contribution is 0.352. The number of nitrogens with one attached hydrogen (secondary N) is 1. The summed E-state index contributed by atoms with van der Waals surface area (Å²) in [6, 6.07) is 5.25. The molecule has 0 saturated heterocycles. The van der Waals surface area contributed by atoms with Crippen LogP contribution in [0.2, 0.25) is 0 Å². The third kappa shape index (κ3) is 2.82. The zero-order valence-electron chi connectivity index (χ0n) is 10.3. The third-order valence-corrected chi connectivity index (χ3v) is 3.83. The normalized spacial score (nSPS) is 20.9. The van der Waals surface area contributed by atoms with Gasteiger partial charge < -0.3 is 5.32 Å². The first-order valence-corrected chi connectivity index (χ1v) is 6.43. The van der Waals surface area contributed by atoms with Crippen molar-refractivity contribution in [3.63, 3.8) is 0 Å². The fourth-order valence-corrected chi connectivity index (χ4v) is 2.74. The van der Waals surface area contributed by atoms with Gasteiger partial charge in [-0.25, -0.2) is 0 Å². The van der Waals surface area contributed by atoms with Crippen LogP contribution in [-0.4, -0.2) is 11.0 Å². The van der Waals surface area contributed by atoms with E-state index in [0.717, 1.165) is 5.92 Å². The molecule has 0 amide bonds. The van der Waals surface area contributed by atoms with Crippen molar-refractivity contribution < 1.29 is 0 Å². The maximum atomic E-state index is 4.06. The molecule has 0 radical (unpaired) electrons. The molecule has 0 aromatic carbocycles. The summed E-state index contributed by atoms with van der Waals surface area (Å²) in [7, 11) is 0. The van der Waals surface area contributed by atoms with E-state index < -0.39 is 0 Å². The Morgan fingerprint density at radius 3 is 2.44 bits per heavy atom. The van der Waals surface area contributed by atoms with Gasteiger partial charge in [-0.1, -0.05) is 12.8 Å². The quantitative estimate of drug-likeness (QED) is 0.838. The molecular formula is C14H22N2. The highest BCUT2D eigenvalue weighted by molar-refractivity contribution is 5.14. The van der Waals surface area contributed by atoms with Crippen molar-refractivity contribution in [1.29, 1.82) is 0 Å². The highest BCUT2D eigenvalue weighted by atomic mass is 14.9. The highest BCUT2D eigenvalue weighted by Crippen LogP contribution is 2.28. The van der Waals surface area contributed by atoms with Crippen LogP contribution < -0.4 is 5.32 Å². The second kappa shape index (κ2) is 5.44. The number of nitrogens with zero attached hydrogens (tertiary/aromatic N) is 1. The molecule has 1 unspecified atom stereocenters. The van der Waals surface area contributed by atoms with Crippen molar-refractivity contribution in [2.75, 3.05) is 0 Å². The maximum Gasteiger partial charge on any atom is 0.0295 e. The zero-order chi connectivity index (χ0) is 11.4. The van der Waals surface area contributed by atoms with Crippen LogP contribution in [-0.2, 0) is 0 Å². The van der Waals surface area contributed by atoms with Crippen LogP contribution >= 0.6 is 0 Å². The number of pyridine rings is 1. The van der Waals surface area contributed by atoms with Gasteiger partial charge >= 0.3 is 0 Å². The molecule has 2 rings (SSSR count). The molecule has 1 N–H and O–H groups in total. The van der Waals surface area contributed by atoms with Crippen molar-refractivity contribution in [2.24, 2.45) is 5.92 Å². The van der Waals surface area contributed by atoms with Crippen molar-refractivity contribution in [1.82, 2.24) is 10.3 Å². The Morgan fingerprint density at radius 1 is 1.19 bits per heavy atom. The number of rotatable bonds is 4. The largest absolute Gasteiger partial charge is 0.307 e. The van der Waals surface area contributed by atoms with Crippen molar-refractivity contribution in [3.8, 4) is 0 Å². The molecule has 2 atom stereocenters. The molecule has 1 fully saturated rings. The fraction of sp³-hybridized carbons (Fsp3) is 0.643. The van der Waals surface area contributed by atoms with Crippen LogP contribution in [0, 0.1) is 5.92 Å². The Balaban J connectivity index is 1.89. The lowest BCUT2D eigenvalue weighted by atomic mass is 9.98. The molecule has 2 heteroatoms. The molecule has 1 heterocycles. The van der Waals surface area contributed by atoms with Crippen LogP contribution in [0.5, 0.6) is 0 Å². The summed E-state index contributed by atoms with van der Waals surface area (Å²) in [6.07, 6.45) is 9.37. The van der Waals surface area contributed by atoms with E-state index in [1.54, 1.807) is 0 Å². The first-order valence-electron chi connectivity index (χ1n) is 6.43. The van der Waals surface area contributed by atoms with E-state index in [0.29, 0.717) is 12.1 Å². The number of hydrogen-bond donors (Lipinski definition) is 1. The van der Waals surface area contributed by atoms with Crippen LogP contribution in [0.15, 0.2) is 24.5 Å². The van der Waals surface area contributed by atoms with E-state index in [2.05, 4.69) is 36.3 Å². The molecule has 1 aromatic rings.